The predicted molar refractivity (Wildman–Crippen MR) is 114 cm³/mol. The van der Waals surface area contributed by atoms with Crippen molar-refractivity contribution in [2.75, 3.05) is 59.4 Å². The monoisotopic (exact) mass is 428 g/mol. The van der Waals surface area contributed by atoms with Gasteiger partial charge in [-0.2, -0.15) is 0 Å². The molecule has 0 aliphatic heterocycles. The van der Waals surface area contributed by atoms with Crippen LogP contribution in [0.1, 0.15) is 51.6 Å². The Morgan fingerprint density at radius 2 is 1.53 bits per heavy atom. The number of rotatable bonds is 21. The molecule has 0 saturated carbocycles. The first-order valence-corrected chi connectivity index (χ1v) is 11.2. The number of ether oxygens (including phenoxy) is 4. The number of carbonyl (C=O) groups is 1. The summed E-state index contributed by atoms with van der Waals surface area (Å²) in [6.45, 7) is 9.73. The van der Waals surface area contributed by atoms with Crippen LogP contribution >= 0.6 is 0 Å². The van der Waals surface area contributed by atoms with Crippen molar-refractivity contribution in [2.24, 2.45) is 0 Å². The first-order valence-electron chi connectivity index (χ1n) is 11.2. The third-order valence-corrected chi connectivity index (χ3v) is 4.25. The normalized spacial score (nSPS) is 11.1. The van der Waals surface area contributed by atoms with Crippen LogP contribution in [0.2, 0.25) is 0 Å². The average molecular weight is 429 g/mol. The number of unbranched alkanes of at least 4 members (excludes halogenated alkanes) is 2. The highest BCUT2D eigenvalue weighted by molar-refractivity contribution is 5.75. The Bertz CT molecular complexity index is 527. The van der Waals surface area contributed by atoms with Crippen LogP contribution in [0.5, 0.6) is 0 Å². The molecule has 0 fully saturated rings. The summed E-state index contributed by atoms with van der Waals surface area (Å²) >= 11 is 0. The molecular formula is C21H40N4O5. The molecule has 0 aromatic carbocycles. The zero-order valence-electron chi connectivity index (χ0n) is 18.8. The van der Waals surface area contributed by atoms with Gasteiger partial charge in [0.15, 0.2) is 0 Å². The summed E-state index contributed by atoms with van der Waals surface area (Å²) in [5.74, 6) is 0.0295. The van der Waals surface area contributed by atoms with E-state index in [9.17, 15) is 4.79 Å². The van der Waals surface area contributed by atoms with E-state index < -0.39 is 0 Å². The largest absolute Gasteiger partial charge is 0.379 e. The third-order valence-electron chi connectivity index (χ3n) is 4.25. The molecule has 0 aliphatic rings. The fourth-order valence-electron chi connectivity index (χ4n) is 2.56. The summed E-state index contributed by atoms with van der Waals surface area (Å²) in [6.07, 6.45) is 7.93. The molecule has 1 heterocycles. The second-order valence-corrected chi connectivity index (χ2v) is 6.98. The number of hydrogen-bond donors (Lipinski definition) is 1. The second kappa shape index (κ2) is 19.4. The first kappa shape index (κ1) is 26.5. The van der Waals surface area contributed by atoms with Crippen LogP contribution in [0.15, 0.2) is 6.20 Å². The van der Waals surface area contributed by atoms with Gasteiger partial charge in [0.05, 0.1) is 65.1 Å². The maximum absolute atomic E-state index is 11.4. The number of aromatic nitrogens is 3. The van der Waals surface area contributed by atoms with E-state index in [1.165, 1.54) is 12.8 Å². The van der Waals surface area contributed by atoms with Gasteiger partial charge in [-0.3, -0.25) is 4.79 Å². The molecule has 174 valence electrons. The molecule has 0 spiro atoms. The summed E-state index contributed by atoms with van der Waals surface area (Å²) < 4.78 is 23.6. The molecule has 1 rings (SSSR count). The van der Waals surface area contributed by atoms with Crippen LogP contribution in [-0.2, 0) is 36.7 Å². The molecule has 30 heavy (non-hydrogen) atoms. The highest BCUT2D eigenvalue weighted by Crippen LogP contribution is 2.02. The molecule has 0 unspecified atom stereocenters. The lowest BCUT2D eigenvalue weighted by atomic mass is 10.2. The molecule has 0 aliphatic carbocycles. The topological polar surface area (TPSA) is 96.7 Å². The third kappa shape index (κ3) is 15.3. The van der Waals surface area contributed by atoms with Gasteiger partial charge in [0.1, 0.15) is 0 Å². The molecule has 0 saturated heterocycles. The SMILES string of the molecule is CCCCCc1cn(CCOCCOCCOCCOCCC(=O)NCCC)nn1. The highest BCUT2D eigenvalue weighted by Gasteiger charge is 2.01. The smallest absolute Gasteiger partial charge is 0.222 e. The Morgan fingerprint density at radius 1 is 0.900 bits per heavy atom. The number of nitrogens with zero attached hydrogens (tertiary/aromatic N) is 3. The lowest BCUT2D eigenvalue weighted by Crippen LogP contribution is -2.25. The van der Waals surface area contributed by atoms with Gasteiger partial charge in [0.25, 0.3) is 0 Å². The van der Waals surface area contributed by atoms with Gasteiger partial charge in [0, 0.05) is 19.2 Å². The molecule has 1 N–H and O–H groups in total. The van der Waals surface area contributed by atoms with Crippen LogP contribution in [0, 0.1) is 0 Å². The molecule has 1 aromatic rings. The van der Waals surface area contributed by atoms with Crippen molar-refractivity contribution in [3.8, 4) is 0 Å². The first-order chi connectivity index (χ1) is 14.8. The molecule has 0 atom stereocenters. The van der Waals surface area contributed by atoms with Crippen LogP contribution in [0.25, 0.3) is 0 Å². The summed E-state index contributed by atoms with van der Waals surface area (Å²) in [6, 6.07) is 0. The van der Waals surface area contributed by atoms with Crippen LogP contribution in [0.4, 0.5) is 0 Å². The van der Waals surface area contributed by atoms with Crippen molar-refractivity contribution in [1.29, 1.82) is 0 Å². The van der Waals surface area contributed by atoms with Crippen molar-refractivity contribution in [3.05, 3.63) is 11.9 Å². The maximum atomic E-state index is 11.4. The van der Waals surface area contributed by atoms with Crippen molar-refractivity contribution >= 4 is 5.91 Å². The van der Waals surface area contributed by atoms with Gasteiger partial charge in [0.2, 0.25) is 5.91 Å². The van der Waals surface area contributed by atoms with Gasteiger partial charge < -0.3 is 24.3 Å². The Balaban J connectivity index is 1.80. The lowest BCUT2D eigenvalue weighted by molar-refractivity contribution is -0.122. The van der Waals surface area contributed by atoms with Crippen molar-refractivity contribution in [1.82, 2.24) is 20.3 Å². The van der Waals surface area contributed by atoms with Crippen molar-refractivity contribution in [2.45, 2.75) is 58.9 Å². The van der Waals surface area contributed by atoms with Crippen LogP contribution in [0.3, 0.4) is 0 Å². The van der Waals surface area contributed by atoms with E-state index in [2.05, 4.69) is 22.6 Å². The standard InChI is InChI=1S/C21H40N4O5/c1-3-5-6-7-20-19-25(24-23-20)10-12-28-14-16-30-18-17-29-15-13-27-11-8-21(26)22-9-4-2/h19H,3-18H2,1-2H3,(H,22,26). The van der Waals surface area contributed by atoms with Crippen LogP contribution < -0.4 is 5.32 Å². The van der Waals surface area contributed by atoms with E-state index in [0.29, 0.717) is 65.8 Å². The van der Waals surface area contributed by atoms with Crippen molar-refractivity contribution < 1.29 is 23.7 Å². The molecule has 1 amide bonds. The Morgan fingerprint density at radius 3 is 2.17 bits per heavy atom. The van der Waals surface area contributed by atoms with Gasteiger partial charge in [-0.05, 0) is 19.3 Å². The molecule has 0 bridgehead atoms. The average Bonchev–Trinajstić information content (AvgIpc) is 3.20. The van der Waals surface area contributed by atoms with Gasteiger partial charge >= 0.3 is 0 Å². The van der Waals surface area contributed by atoms with E-state index in [-0.39, 0.29) is 5.91 Å². The van der Waals surface area contributed by atoms with Crippen LogP contribution in [-0.4, -0.2) is 80.3 Å². The minimum atomic E-state index is 0.0295. The highest BCUT2D eigenvalue weighted by atomic mass is 16.6. The zero-order valence-corrected chi connectivity index (χ0v) is 18.8. The molecule has 9 nitrogen and oxygen atoms in total. The number of hydrogen-bond acceptors (Lipinski definition) is 7. The fraction of sp³-hybridized carbons (Fsp3) is 0.857. The lowest BCUT2D eigenvalue weighted by Gasteiger charge is -2.08. The number of amides is 1. The quantitative estimate of drug-likeness (QED) is 0.299. The van der Waals surface area contributed by atoms with Gasteiger partial charge in [-0.1, -0.05) is 31.9 Å². The summed E-state index contributed by atoms with van der Waals surface area (Å²) in [5, 5.41) is 11.1. The Kier molecular flexibility index (Phi) is 17.1. The molecule has 9 heteroatoms. The van der Waals surface area contributed by atoms with E-state index in [1.54, 1.807) is 0 Å². The van der Waals surface area contributed by atoms with Gasteiger partial charge in [-0.15, -0.1) is 5.10 Å². The van der Waals surface area contributed by atoms with E-state index >= 15 is 0 Å². The van der Waals surface area contributed by atoms with Gasteiger partial charge in [-0.25, -0.2) is 4.68 Å². The van der Waals surface area contributed by atoms with Crippen molar-refractivity contribution in [3.63, 3.8) is 0 Å². The second-order valence-electron chi connectivity index (χ2n) is 6.98. The number of aryl methyl sites for hydroxylation is 1. The number of carbonyl (C=O) groups excluding carboxylic acids is 1. The molecular weight excluding hydrogens is 388 g/mol. The Labute approximate surface area is 180 Å². The molecule has 1 aromatic heterocycles. The minimum Gasteiger partial charge on any atom is -0.379 e. The Hall–Kier alpha value is -1.55. The summed E-state index contributed by atoms with van der Waals surface area (Å²) in [7, 11) is 0. The fourth-order valence-corrected chi connectivity index (χ4v) is 2.56. The predicted octanol–water partition coefficient (Wildman–Crippen LogP) is 1.99. The molecule has 0 radical (unpaired) electrons. The van der Waals surface area contributed by atoms with E-state index in [1.807, 2.05) is 17.8 Å². The van der Waals surface area contributed by atoms with E-state index in [4.69, 9.17) is 18.9 Å². The maximum Gasteiger partial charge on any atom is 0.222 e. The summed E-state index contributed by atoms with van der Waals surface area (Å²) in [4.78, 5) is 11.4. The zero-order chi connectivity index (χ0) is 21.7. The summed E-state index contributed by atoms with van der Waals surface area (Å²) in [5.41, 5.74) is 1.05. The number of nitrogens with one attached hydrogen (secondary N) is 1. The van der Waals surface area contributed by atoms with E-state index in [0.717, 1.165) is 31.5 Å². The minimum absolute atomic E-state index is 0.0295.